The van der Waals surface area contributed by atoms with Gasteiger partial charge in [-0.3, -0.25) is 53.5 Å². The highest BCUT2D eigenvalue weighted by Crippen LogP contribution is 2.64. The third-order valence-electron chi connectivity index (χ3n) is 16.4. The molecule has 5 fully saturated rings. The quantitative estimate of drug-likeness (QED) is 0.139. The van der Waals surface area contributed by atoms with Crippen LogP contribution in [0.1, 0.15) is 93.9 Å². The number of imide groups is 1. The Hall–Kier alpha value is -5.20. The maximum absolute atomic E-state index is 16.4. The van der Waals surface area contributed by atoms with E-state index in [4.69, 9.17) is 23.2 Å². The number of amides is 5. The smallest absolute Gasteiger partial charge is 0.329 e. The van der Waals surface area contributed by atoms with Crippen molar-refractivity contribution in [3.8, 4) is 0 Å². The number of likely N-dealkylation sites (tertiary alicyclic amines) is 1. The molecular weight excluding hydrogens is 927 g/mol. The lowest BCUT2D eigenvalue weighted by molar-refractivity contribution is -0.136. The Morgan fingerprint density at radius 2 is 1.61 bits per heavy atom. The molecule has 1 aliphatic carbocycles. The number of nitrogens with one attached hydrogen (secondary N) is 4. The predicted octanol–water partition coefficient (Wildman–Crippen LogP) is 4.41. The van der Waals surface area contributed by atoms with Gasteiger partial charge < -0.3 is 15.5 Å². The van der Waals surface area contributed by atoms with E-state index in [0.717, 1.165) is 50.0 Å². The number of pyridine rings is 1. The second-order valence-corrected chi connectivity index (χ2v) is 21.6. The molecule has 4 N–H and O–H groups in total. The molecule has 2 spiro atoms. The molecule has 1 saturated carbocycles. The number of piperidine rings is 2. The molecule has 5 amide bonds. The van der Waals surface area contributed by atoms with E-state index in [9.17, 15) is 28.8 Å². The zero-order valence-corrected chi connectivity index (χ0v) is 40.7. The number of benzene rings is 2. The Morgan fingerprint density at radius 3 is 2.33 bits per heavy atom. The summed E-state index contributed by atoms with van der Waals surface area (Å²) in [4.78, 5) is 91.2. The van der Waals surface area contributed by atoms with Crippen molar-refractivity contribution in [1.82, 2.24) is 44.8 Å². The third-order valence-corrected chi connectivity index (χ3v) is 16.9. The van der Waals surface area contributed by atoms with Gasteiger partial charge in [0.1, 0.15) is 11.5 Å². The van der Waals surface area contributed by atoms with Crippen molar-refractivity contribution in [2.24, 2.45) is 12.5 Å². The van der Waals surface area contributed by atoms with Crippen LogP contribution in [-0.4, -0.2) is 128 Å². The van der Waals surface area contributed by atoms with Gasteiger partial charge in [-0.15, -0.1) is 0 Å². The second kappa shape index (κ2) is 18.2. The number of hydrogen-bond donors (Lipinski definition) is 4. The fourth-order valence-electron chi connectivity index (χ4n) is 12.4. The van der Waals surface area contributed by atoms with Crippen LogP contribution in [0, 0.1) is 11.2 Å². The number of carbonyl (C=O) groups is 5. The third kappa shape index (κ3) is 8.34. The van der Waals surface area contributed by atoms with Crippen molar-refractivity contribution in [3.63, 3.8) is 0 Å². The molecule has 4 aromatic rings. The molecule has 16 nitrogen and oxygen atoms in total. The number of rotatable bonds is 9. The fourth-order valence-corrected chi connectivity index (χ4v) is 12.8. The van der Waals surface area contributed by atoms with Crippen LogP contribution in [0.5, 0.6) is 0 Å². The van der Waals surface area contributed by atoms with Gasteiger partial charge in [-0.2, -0.15) is 0 Å². The lowest BCUT2D eigenvalue weighted by Gasteiger charge is -2.50. The van der Waals surface area contributed by atoms with Gasteiger partial charge in [0, 0.05) is 93.7 Å². The maximum Gasteiger partial charge on any atom is 0.329 e. The van der Waals surface area contributed by atoms with Crippen LogP contribution in [0.2, 0.25) is 10.2 Å². The lowest BCUT2D eigenvalue weighted by atomic mass is 9.53. The number of fused-ring (bicyclic) bond motifs is 4. The van der Waals surface area contributed by atoms with E-state index in [1.807, 2.05) is 29.2 Å². The number of piperazine rings is 1. The highest BCUT2D eigenvalue weighted by molar-refractivity contribution is 6.31. The summed E-state index contributed by atoms with van der Waals surface area (Å²) < 4.78 is 19.4. The lowest BCUT2D eigenvalue weighted by Crippen LogP contribution is -2.61. The van der Waals surface area contributed by atoms with Gasteiger partial charge in [-0.05, 0) is 104 Å². The Balaban J connectivity index is 0.758. The van der Waals surface area contributed by atoms with Crippen LogP contribution in [0.4, 0.5) is 10.1 Å². The summed E-state index contributed by atoms with van der Waals surface area (Å²) in [5.74, 6) is -3.05. The molecule has 5 aliphatic heterocycles. The number of aromatic nitrogens is 3. The SMILES string of the molecule is Cn1c(=O)n(C2CCC(=O)NC2=O)c2ccc(CCN3CCN(C(=O)CN4CCC(NC(=O)[C@@H]5NC6(CCC(C)(C)CC6)[C@@]6(C(=O)Nc7cc(Cl)ccc76)[C@H]5c5ccnc(Cl)c5F)CC4)CC3)cc21. The molecule has 19 heteroatoms. The first-order chi connectivity index (χ1) is 33.0. The average molecular weight is 986 g/mol. The number of carbonyl (C=O) groups excluding carboxylic acids is 5. The summed E-state index contributed by atoms with van der Waals surface area (Å²) in [6.07, 6.45) is 6.64. The van der Waals surface area contributed by atoms with E-state index in [0.29, 0.717) is 73.7 Å². The molecule has 2 aromatic heterocycles. The fraction of sp³-hybridized carbons (Fsp3) is 0.540. The summed E-state index contributed by atoms with van der Waals surface area (Å²) in [7, 11) is 1.69. The Morgan fingerprint density at radius 1 is 0.870 bits per heavy atom. The van der Waals surface area contributed by atoms with Gasteiger partial charge >= 0.3 is 5.69 Å². The molecule has 0 bridgehead atoms. The maximum atomic E-state index is 16.4. The number of aryl methyl sites for hydroxylation is 1. The van der Waals surface area contributed by atoms with E-state index in [1.54, 1.807) is 29.8 Å². The van der Waals surface area contributed by atoms with Gasteiger partial charge in [-0.1, -0.05) is 49.2 Å². The minimum absolute atomic E-state index is 0.0122. The van der Waals surface area contributed by atoms with Crippen LogP contribution in [0.15, 0.2) is 53.5 Å². The Kier molecular flexibility index (Phi) is 12.5. The number of halogens is 3. The summed E-state index contributed by atoms with van der Waals surface area (Å²) >= 11 is 12.8. The highest BCUT2D eigenvalue weighted by Gasteiger charge is 2.73. The van der Waals surface area contributed by atoms with E-state index in [-0.39, 0.29) is 70.9 Å². The van der Waals surface area contributed by atoms with Crippen molar-refractivity contribution in [1.29, 1.82) is 0 Å². The van der Waals surface area contributed by atoms with E-state index in [2.05, 4.69) is 49.9 Å². The normalized spacial score (nSPS) is 26.1. The molecule has 4 atom stereocenters. The largest absolute Gasteiger partial charge is 0.352 e. The topological polar surface area (TPSA) is 183 Å². The van der Waals surface area contributed by atoms with Crippen molar-refractivity contribution in [3.05, 3.63) is 91.8 Å². The molecule has 10 rings (SSSR count). The van der Waals surface area contributed by atoms with E-state index >= 15 is 4.39 Å². The molecule has 366 valence electrons. The number of nitrogens with zero attached hydrogens (tertiary/aromatic N) is 6. The first kappa shape index (κ1) is 47.5. The summed E-state index contributed by atoms with van der Waals surface area (Å²) in [6.45, 7) is 9.41. The Bertz CT molecular complexity index is 2810. The first-order valence-electron chi connectivity index (χ1n) is 24.2. The number of hydrogen-bond acceptors (Lipinski definition) is 10. The van der Waals surface area contributed by atoms with E-state index in [1.165, 1.54) is 10.8 Å². The van der Waals surface area contributed by atoms with Gasteiger partial charge in [-0.25, -0.2) is 14.2 Å². The predicted molar refractivity (Wildman–Crippen MR) is 259 cm³/mol. The van der Waals surface area contributed by atoms with Crippen molar-refractivity contribution in [2.45, 2.75) is 107 Å². The van der Waals surface area contributed by atoms with Crippen LogP contribution in [0.25, 0.3) is 11.0 Å². The van der Waals surface area contributed by atoms with Gasteiger partial charge in [0.2, 0.25) is 29.5 Å². The summed E-state index contributed by atoms with van der Waals surface area (Å²) in [5.41, 5.74) is 1.31. The van der Waals surface area contributed by atoms with Crippen LogP contribution in [0.3, 0.4) is 0 Å². The second-order valence-electron chi connectivity index (χ2n) is 20.8. The van der Waals surface area contributed by atoms with Crippen molar-refractivity contribution < 1.29 is 28.4 Å². The first-order valence-corrected chi connectivity index (χ1v) is 25.0. The summed E-state index contributed by atoms with van der Waals surface area (Å²) in [6, 6.07) is 10.8. The molecule has 7 heterocycles. The van der Waals surface area contributed by atoms with Gasteiger partial charge in [0.25, 0.3) is 0 Å². The molecule has 2 aromatic carbocycles. The van der Waals surface area contributed by atoms with Crippen LogP contribution >= 0.6 is 23.2 Å². The minimum atomic E-state index is -1.36. The van der Waals surface area contributed by atoms with Crippen LogP contribution < -0.4 is 27.0 Å². The zero-order chi connectivity index (χ0) is 48.6. The highest BCUT2D eigenvalue weighted by atomic mass is 35.5. The van der Waals surface area contributed by atoms with Gasteiger partial charge in [0.05, 0.1) is 23.6 Å². The molecule has 1 unspecified atom stereocenters. The molecular formula is C50H59Cl2FN10O6. The number of anilines is 1. The van der Waals surface area contributed by atoms with Crippen LogP contribution in [-0.2, 0) is 42.9 Å². The standard InChI is InChI=1S/C50H59Cl2FN10O6/c1-48(2)14-16-49(17-15-48)50(33-6-5-30(51)27-34(33)56-46(50)68)40(32-10-18-54-43(52)41(32)53)42(58-49)45(67)55-31-12-20-61(21-13-31)28-39(65)62-24-22-60(23-25-62)19-11-29-4-7-35-37(26-29)59(3)47(69)63(35)36-8-9-38(64)57-44(36)66/h4-7,10,18,26-27,31,36,40,42,58H,8-9,11-17,19-25,28H2,1-3H3,(H,55,67)(H,56,68)(H,57,64,66)/t36?,40-,42+,50+/m0/s1. The zero-order valence-electron chi connectivity index (χ0n) is 39.2. The minimum Gasteiger partial charge on any atom is -0.352 e. The van der Waals surface area contributed by atoms with Crippen molar-refractivity contribution >= 4 is 69.5 Å². The monoisotopic (exact) mass is 984 g/mol. The van der Waals surface area contributed by atoms with Crippen molar-refractivity contribution in [2.75, 3.05) is 57.7 Å². The van der Waals surface area contributed by atoms with E-state index < -0.39 is 40.7 Å². The molecule has 69 heavy (non-hydrogen) atoms. The Labute approximate surface area is 409 Å². The summed E-state index contributed by atoms with van der Waals surface area (Å²) in [5, 5.41) is 12.6. The molecule has 4 saturated heterocycles. The number of imidazole rings is 1. The molecule has 0 radical (unpaired) electrons. The van der Waals surface area contributed by atoms with Gasteiger partial charge in [0.15, 0.2) is 11.0 Å². The molecule has 6 aliphatic rings. The average Bonchev–Trinajstić information content (AvgIpc) is 3.88.